The lowest BCUT2D eigenvalue weighted by molar-refractivity contribution is -0.134. The van der Waals surface area contributed by atoms with Gasteiger partial charge in [0.25, 0.3) is 5.91 Å². The third-order valence-electron chi connectivity index (χ3n) is 4.82. The number of rotatable bonds is 4. The monoisotopic (exact) mass is 392 g/mol. The van der Waals surface area contributed by atoms with E-state index in [9.17, 15) is 19.2 Å². The van der Waals surface area contributed by atoms with Gasteiger partial charge in [-0.05, 0) is 31.0 Å². The number of imide groups is 1. The molecule has 27 heavy (non-hydrogen) atoms. The molecule has 1 aliphatic heterocycles. The molecule has 2 aliphatic rings. The largest absolute Gasteiger partial charge is 0.325 e. The standard InChI is InChI=1S/C18H21ClN4O4/c1-11(24)20-14-6-5-12(9-13(14)19)21-15(25)10-23-16(26)18(22-17(23)27)7-3-2-4-8-18/h5-6,9H,2-4,7-8,10H2,1H3,(H,20,24)(H,21,25)(H,22,27). The SMILES string of the molecule is CC(=O)Nc1ccc(NC(=O)CN2C(=O)NC3(CCCCC3)C2=O)cc1Cl. The quantitative estimate of drug-likeness (QED) is 0.684. The maximum Gasteiger partial charge on any atom is 0.325 e. The van der Waals surface area contributed by atoms with Crippen molar-refractivity contribution in [1.82, 2.24) is 10.2 Å². The average Bonchev–Trinajstić information content (AvgIpc) is 2.82. The van der Waals surface area contributed by atoms with Crippen molar-refractivity contribution in [3.05, 3.63) is 23.2 Å². The second kappa shape index (κ2) is 7.56. The van der Waals surface area contributed by atoms with E-state index in [1.807, 2.05) is 0 Å². The first kappa shape index (κ1) is 19.2. The molecule has 0 unspecified atom stereocenters. The molecule has 0 bridgehead atoms. The number of carbonyl (C=O) groups is 4. The van der Waals surface area contributed by atoms with Crippen molar-refractivity contribution < 1.29 is 19.2 Å². The molecule has 1 spiro atoms. The van der Waals surface area contributed by atoms with Crippen molar-refractivity contribution in [3.8, 4) is 0 Å². The zero-order valence-electron chi connectivity index (χ0n) is 14.9. The van der Waals surface area contributed by atoms with E-state index in [4.69, 9.17) is 11.6 Å². The van der Waals surface area contributed by atoms with Gasteiger partial charge in [0, 0.05) is 12.6 Å². The van der Waals surface area contributed by atoms with Crippen molar-refractivity contribution in [3.63, 3.8) is 0 Å². The first-order valence-electron chi connectivity index (χ1n) is 8.82. The Kier molecular flexibility index (Phi) is 5.36. The summed E-state index contributed by atoms with van der Waals surface area (Å²) in [6, 6.07) is 4.09. The number of nitrogens with zero attached hydrogens (tertiary/aromatic N) is 1. The molecule has 3 N–H and O–H groups in total. The van der Waals surface area contributed by atoms with E-state index < -0.39 is 17.5 Å². The molecule has 9 heteroatoms. The molecule has 2 fully saturated rings. The zero-order valence-corrected chi connectivity index (χ0v) is 15.7. The van der Waals surface area contributed by atoms with Gasteiger partial charge in [-0.15, -0.1) is 0 Å². The fraction of sp³-hybridized carbons (Fsp3) is 0.444. The maximum atomic E-state index is 12.7. The number of benzene rings is 1. The van der Waals surface area contributed by atoms with Crippen LogP contribution in [0.25, 0.3) is 0 Å². The molecule has 0 atom stereocenters. The molecule has 5 amide bonds. The molecule has 1 aliphatic carbocycles. The van der Waals surface area contributed by atoms with E-state index in [0.717, 1.165) is 24.2 Å². The van der Waals surface area contributed by atoms with Crippen LogP contribution in [-0.2, 0) is 14.4 Å². The van der Waals surface area contributed by atoms with Crippen LogP contribution in [0.5, 0.6) is 0 Å². The topological polar surface area (TPSA) is 108 Å². The van der Waals surface area contributed by atoms with Gasteiger partial charge in [-0.25, -0.2) is 4.79 Å². The van der Waals surface area contributed by atoms with Gasteiger partial charge in [-0.2, -0.15) is 0 Å². The van der Waals surface area contributed by atoms with E-state index in [1.165, 1.54) is 13.0 Å². The second-order valence-corrected chi connectivity index (χ2v) is 7.30. The third-order valence-corrected chi connectivity index (χ3v) is 5.13. The van der Waals surface area contributed by atoms with E-state index in [1.54, 1.807) is 12.1 Å². The van der Waals surface area contributed by atoms with Crippen LogP contribution in [0.2, 0.25) is 5.02 Å². The van der Waals surface area contributed by atoms with E-state index in [2.05, 4.69) is 16.0 Å². The molecule has 3 rings (SSSR count). The van der Waals surface area contributed by atoms with Crippen LogP contribution in [0.4, 0.5) is 16.2 Å². The third kappa shape index (κ3) is 4.05. The fourth-order valence-electron chi connectivity index (χ4n) is 3.54. The Morgan fingerprint density at radius 1 is 1.19 bits per heavy atom. The lowest BCUT2D eigenvalue weighted by atomic mass is 9.82. The molecule has 144 valence electrons. The van der Waals surface area contributed by atoms with Gasteiger partial charge in [-0.3, -0.25) is 19.3 Å². The summed E-state index contributed by atoms with van der Waals surface area (Å²) >= 11 is 6.08. The van der Waals surface area contributed by atoms with Crippen LogP contribution in [0.3, 0.4) is 0 Å². The van der Waals surface area contributed by atoms with Gasteiger partial charge in [0.1, 0.15) is 12.1 Å². The van der Waals surface area contributed by atoms with Crippen LogP contribution < -0.4 is 16.0 Å². The predicted octanol–water partition coefficient (Wildman–Crippen LogP) is 2.49. The minimum absolute atomic E-state index is 0.260. The highest BCUT2D eigenvalue weighted by Gasteiger charge is 2.51. The Morgan fingerprint density at radius 3 is 2.52 bits per heavy atom. The van der Waals surface area contributed by atoms with Gasteiger partial charge in [0.15, 0.2) is 0 Å². The molecule has 1 aromatic rings. The number of hydrogen-bond acceptors (Lipinski definition) is 4. The van der Waals surface area contributed by atoms with E-state index in [-0.39, 0.29) is 23.4 Å². The molecule has 1 saturated carbocycles. The molecule has 1 heterocycles. The summed E-state index contributed by atoms with van der Waals surface area (Å²) < 4.78 is 0. The van der Waals surface area contributed by atoms with Crippen molar-refractivity contribution in [1.29, 1.82) is 0 Å². The van der Waals surface area contributed by atoms with Crippen LogP contribution in [0.15, 0.2) is 18.2 Å². The Hall–Kier alpha value is -2.61. The van der Waals surface area contributed by atoms with E-state index in [0.29, 0.717) is 24.2 Å². The molecule has 1 aromatic carbocycles. The van der Waals surface area contributed by atoms with Crippen LogP contribution >= 0.6 is 11.6 Å². The predicted molar refractivity (Wildman–Crippen MR) is 100 cm³/mol. The van der Waals surface area contributed by atoms with Crippen LogP contribution in [0, 0.1) is 0 Å². The van der Waals surface area contributed by atoms with Crippen molar-refractivity contribution in [2.24, 2.45) is 0 Å². The molecule has 0 radical (unpaired) electrons. The number of urea groups is 1. The van der Waals surface area contributed by atoms with Crippen LogP contribution in [-0.4, -0.2) is 40.7 Å². The highest BCUT2D eigenvalue weighted by molar-refractivity contribution is 6.34. The highest BCUT2D eigenvalue weighted by Crippen LogP contribution is 2.33. The Bertz CT molecular complexity index is 805. The number of nitrogens with one attached hydrogen (secondary N) is 3. The van der Waals surface area contributed by atoms with Gasteiger partial charge in [0.2, 0.25) is 11.8 Å². The normalized spacial score (nSPS) is 18.4. The van der Waals surface area contributed by atoms with Gasteiger partial charge in [-0.1, -0.05) is 30.9 Å². The van der Waals surface area contributed by atoms with Gasteiger partial charge >= 0.3 is 6.03 Å². The Morgan fingerprint density at radius 2 is 1.89 bits per heavy atom. The summed E-state index contributed by atoms with van der Waals surface area (Å²) in [6.45, 7) is 1.00. The molecule has 1 saturated heterocycles. The average molecular weight is 393 g/mol. The molecular formula is C18H21ClN4O4. The van der Waals surface area contributed by atoms with Crippen LogP contribution in [0.1, 0.15) is 39.0 Å². The lowest BCUT2D eigenvalue weighted by Crippen LogP contribution is -2.48. The molecular weight excluding hydrogens is 372 g/mol. The minimum atomic E-state index is -0.848. The Balaban J connectivity index is 1.64. The fourth-order valence-corrected chi connectivity index (χ4v) is 3.77. The first-order valence-corrected chi connectivity index (χ1v) is 9.20. The van der Waals surface area contributed by atoms with Gasteiger partial charge < -0.3 is 16.0 Å². The van der Waals surface area contributed by atoms with Gasteiger partial charge in [0.05, 0.1) is 10.7 Å². The summed E-state index contributed by atoms with van der Waals surface area (Å²) in [4.78, 5) is 49.3. The summed E-state index contributed by atoms with van der Waals surface area (Å²) in [7, 11) is 0. The number of anilines is 2. The first-order chi connectivity index (χ1) is 12.8. The Labute approximate surface area is 161 Å². The summed E-state index contributed by atoms with van der Waals surface area (Å²) in [5.41, 5.74) is -0.0205. The molecule has 0 aromatic heterocycles. The number of hydrogen-bond donors (Lipinski definition) is 3. The maximum absolute atomic E-state index is 12.7. The second-order valence-electron chi connectivity index (χ2n) is 6.89. The van der Waals surface area contributed by atoms with E-state index >= 15 is 0 Å². The summed E-state index contributed by atoms with van der Waals surface area (Å²) in [6.07, 6.45) is 4.02. The van der Waals surface area contributed by atoms with Crippen molar-refractivity contribution in [2.75, 3.05) is 17.2 Å². The number of amides is 5. The summed E-state index contributed by atoms with van der Waals surface area (Å²) in [5.74, 6) is -1.10. The smallest absolute Gasteiger partial charge is 0.325 e. The lowest BCUT2D eigenvalue weighted by Gasteiger charge is -2.30. The number of halogens is 1. The molecule has 8 nitrogen and oxygen atoms in total. The van der Waals surface area contributed by atoms with Crippen molar-refractivity contribution in [2.45, 2.75) is 44.6 Å². The summed E-state index contributed by atoms with van der Waals surface area (Å²) in [5, 5.41) is 8.21. The highest BCUT2D eigenvalue weighted by atomic mass is 35.5. The van der Waals surface area contributed by atoms with Crippen molar-refractivity contribution >= 4 is 46.7 Å². The minimum Gasteiger partial charge on any atom is -0.325 e. The zero-order chi connectivity index (χ0) is 19.6. The number of carbonyl (C=O) groups excluding carboxylic acids is 4.